The van der Waals surface area contributed by atoms with Gasteiger partial charge in [0.2, 0.25) is 0 Å². The number of aryl methyl sites for hydroxylation is 2. The highest BCUT2D eigenvalue weighted by atomic mass is 16.6. The molecule has 0 unspecified atom stereocenters. The van der Waals surface area contributed by atoms with Crippen LogP contribution in [0.1, 0.15) is 27.2 Å². The lowest BCUT2D eigenvalue weighted by Gasteiger charge is -2.06. The lowest BCUT2D eigenvalue weighted by atomic mass is 10.1. The van der Waals surface area contributed by atoms with Gasteiger partial charge in [-0.15, -0.1) is 0 Å². The molecule has 3 rings (SSSR count). The molecule has 26 heavy (non-hydrogen) atoms. The zero-order chi connectivity index (χ0) is 18.7. The zero-order valence-electron chi connectivity index (χ0n) is 14.5. The molecule has 0 spiro atoms. The Labute approximate surface area is 150 Å². The van der Waals surface area contributed by atoms with E-state index in [0.717, 1.165) is 22.4 Å². The Kier molecular flexibility index (Phi) is 4.79. The van der Waals surface area contributed by atoms with E-state index in [1.165, 1.54) is 12.1 Å². The summed E-state index contributed by atoms with van der Waals surface area (Å²) < 4.78 is 1.76. The Morgan fingerprint density at radius 1 is 1.15 bits per heavy atom. The van der Waals surface area contributed by atoms with Crippen molar-refractivity contribution in [1.29, 1.82) is 0 Å². The molecular weight excluding hydrogens is 332 g/mol. The van der Waals surface area contributed by atoms with Gasteiger partial charge in [-0.05, 0) is 42.7 Å². The van der Waals surface area contributed by atoms with Crippen LogP contribution in [0.25, 0.3) is 0 Å². The minimum absolute atomic E-state index is 0.0489. The van der Waals surface area contributed by atoms with E-state index in [2.05, 4.69) is 10.3 Å². The van der Waals surface area contributed by atoms with Crippen LogP contribution in [0.5, 0.6) is 0 Å². The third-order valence-electron chi connectivity index (χ3n) is 4.14. The van der Waals surface area contributed by atoms with Crippen molar-refractivity contribution in [3.05, 3.63) is 87.5 Å². The van der Waals surface area contributed by atoms with E-state index in [0.29, 0.717) is 12.2 Å². The third kappa shape index (κ3) is 3.94. The minimum atomic E-state index is -0.434. The van der Waals surface area contributed by atoms with Gasteiger partial charge >= 0.3 is 0 Å². The summed E-state index contributed by atoms with van der Waals surface area (Å²) in [5, 5.41) is 13.5. The molecule has 0 saturated heterocycles. The van der Waals surface area contributed by atoms with Gasteiger partial charge in [0, 0.05) is 30.6 Å². The van der Waals surface area contributed by atoms with Crippen LogP contribution in [0.15, 0.2) is 55.0 Å². The van der Waals surface area contributed by atoms with Crippen LogP contribution >= 0.6 is 0 Å². The summed E-state index contributed by atoms with van der Waals surface area (Å²) in [4.78, 5) is 26.7. The maximum atomic E-state index is 12.3. The second kappa shape index (κ2) is 7.18. The number of anilines is 1. The number of imidazole rings is 1. The maximum absolute atomic E-state index is 12.3. The zero-order valence-corrected chi connectivity index (χ0v) is 14.5. The summed E-state index contributed by atoms with van der Waals surface area (Å²) in [6.07, 6.45) is 3.22. The predicted molar refractivity (Wildman–Crippen MR) is 98.3 cm³/mol. The first kappa shape index (κ1) is 17.3. The molecule has 7 nitrogen and oxygen atoms in total. The quantitative estimate of drug-likeness (QED) is 0.561. The molecule has 0 aliphatic heterocycles. The molecule has 3 aromatic rings. The molecule has 0 bridgehead atoms. The summed E-state index contributed by atoms with van der Waals surface area (Å²) in [5.74, 6) is -0.282. The average molecular weight is 350 g/mol. The Balaban J connectivity index is 1.67. The molecule has 0 radical (unpaired) electrons. The summed E-state index contributed by atoms with van der Waals surface area (Å²) in [6, 6.07) is 12.0. The summed E-state index contributed by atoms with van der Waals surface area (Å²) in [7, 11) is 0. The number of rotatable bonds is 5. The third-order valence-corrected chi connectivity index (χ3v) is 4.14. The molecule has 1 heterocycles. The molecule has 0 atom stereocenters. The van der Waals surface area contributed by atoms with Gasteiger partial charge in [0.25, 0.3) is 11.6 Å². The van der Waals surface area contributed by atoms with Crippen molar-refractivity contribution in [2.24, 2.45) is 0 Å². The number of carbonyl (C=O) groups is 1. The number of nitro groups is 1. The molecule has 7 heteroatoms. The van der Waals surface area contributed by atoms with Gasteiger partial charge in [0.05, 0.1) is 11.3 Å². The number of nitrogens with one attached hydrogen (secondary N) is 1. The number of aromatic nitrogens is 2. The second-order valence-corrected chi connectivity index (χ2v) is 6.11. The second-order valence-electron chi connectivity index (χ2n) is 6.11. The number of nitro benzene ring substituents is 1. The van der Waals surface area contributed by atoms with Crippen molar-refractivity contribution in [3.8, 4) is 0 Å². The fraction of sp³-hybridized carbons (Fsp3) is 0.158. The number of carbonyl (C=O) groups excluding carboxylic acids is 1. The molecule has 0 aliphatic carbocycles. The van der Waals surface area contributed by atoms with Crippen molar-refractivity contribution in [2.75, 3.05) is 5.32 Å². The number of hydrogen-bond donors (Lipinski definition) is 1. The molecule has 132 valence electrons. The van der Waals surface area contributed by atoms with Crippen LogP contribution < -0.4 is 5.32 Å². The molecule has 2 aromatic carbocycles. The summed E-state index contributed by atoms with van der Waals surface area (Å²) >= 11 is 0. The number of amides is 1. The SMILES string of the molecule is Cc1ccc(NC(=O)c2cn(Cc3ccc([N+](=O)[O-])cc3)cn2)cc1C. The standard InChI is InChI=1S/C19H18N4O3/c1-13-3-6-16(9-14(13)2)21-19(24)18-11-22(12-20-18)10-15-4-7-17(8-5-15)23(25)26/h3-9,11-12H,10H2,1-2H3,(H,21,24). The lowest BCUT2D eigenvalue weighted by molar-refractivity contribution is -0.384. The van der Waals surface area contributed by atoms with Crippen molar-refractivity contribution in [3.63, 3.8) is 0 Å². The monoisotopic (exact) mass is 350 g/mol. The first-order valence-corrected chi connectivity index (χ1v) is 8.06. The van der Waals surface area contributed by atoms with E-state index in [4.69, 9.17) is 0 Å². The normalized spacial score (nSPS) is 10.5. The van der Waals surface area contributed by atoms with Crippen LogP contribution in [-0.4, -0.2) is 20.4 Å². The van der Waals surface area contributed by atoms with E-state index in [-0.39, 0.29) is 11.6 Å². The average Bonchev–Trinajstić information content (AvgIpc) is 3.07. The van der Waals surface area contributed by atoms with Crippen molar-refractivity contribution >= 4 is 17.3 Å². The Morgan fingerprint density at radius 3 is 2.54 bits per heavy atom. The molecule has 1 N–H and O–H groups in total. The summed E-state index contributed by atoms with van der Waals surface area (Å²) in [5.41, 5.74) is 4.23. The van der Waals surface area contributed by atoms with E-state index in [1.54, 1.807) is 29.2 Å². The van der Waals surface area contributed by atoms with Crippen molar-refractivity contribution in [2.45, 2.75) is 20.4 Å². The van der Waals surface area contributed by atoms with E-state index in [1.807, 2.05) is 32.0 Å². The van der Waals surface area contributed by atoms with Crippen LogP contribution in [0.4, 0.5) is 11.4 Å². The Hall–Kier alpha value is -3.48. The fourth-order valence-electron chi connectivity index (χ4n) is 2.51. The van der Waals surface area contributed by atoms with Crippen LogP contribution in [-0.2, 0) is 6.54 Å². The molecule has 1 amide bonds. The van der Waals surface area contributed by atoms with Crippen LogP contribution in [0.2, 0.25) is 0 Å². The molecule has 1 aromatic heterocycles. The summed E-state index contributed by atoms with van der Waals surface area (Å²) in [6.45, 7) is 4.48. The van der Waals surface area contributed by atoms with Crippen LogP contribution in [0.3, 0.4) is 0 Å². The van der Waals surface area contributed by atoms with Crippen molar-refractivity contribution < 1.29 is 9.72 Å². The largest absolute Gasteiger partial charge is 0.332 e. The Morgan fingerprint density at radius 2 is 1.88 bits per heavy atom. The fourth-order valence-corrected chi connectivity index (χ4v) is 2.51. The van der Waals surface area contributed by atoms with Crippen LogP contribution in [0, 0.1) is 24.0 Å². The van der Waals surface area contributed by atoms with Gasteiger partial charge in [0.1, 0.15) is 5.69 Å². The van der Waals surface area contributed by atoms with Crippen molar-refractivity contribution in [1.82, 2.24) is 9.55 Å². The number of non-ortho nitro benzene ring substituents is 1. The Bertz CT molecular complexity index is 961. The van der Waals surface area contributed by atoms with E-state index >= 15 is 0 Å². The highest BCUT2D eigenvalue weighted by Crippen LogP contribution is 2.16. The van der Waals surface area contributed by atoms with Gasteiger partial charge in [-0.1, -0.05) is 18.2 Å². The molecule has 0 aliphatic rings. The minimum Gasteiger partial charge on any atom is -0.332 e. The number of benzene rings is 2. The highest BCUT2D eigenvalue weighted by Gasteiger charge is 2.11. The number of nitrogens with zero attached hydrogens (tertiary/aromatic N) is 3. The predicted octanol–water partition coefficient (Wildman–Crippen LogP) is 3.71. The topological polar surface area (TPSA) is 90.1 Å². The molecule has 0 fully saturated rings. The smallest absolute Gasteiger partial charge is 0.275 e. The highest BCUT2D eigenvalue weighted by molar-refractivity contribution is 6.02. The molecule has 0 saturated carbocycles. The van der Waals surface area contributed by atoms with E-state index in [9.17, 15) is 14.9 Å². The van der Waals surface area contributed by atoms with Gasteiger partial charge in [-0.25, -0.2) is 4.98 Å². The van der Waals surface area contributed by atoms with Gasteiger partial charge < -0.3 is 9.88 Å². The van der Waals surface area contributed by atoms with Gasteiger partial charge in [-0.3, -0.25) is 14.9 Å². The first-order chi connectivity index (χ1) is 12.4. The first-order valence-electron chi connectivity index (χ1n) is 8.06. The number of hydrogen-bond acceptors (Lipinski definition) is 4. The van der Waals surface area contributed by atoms with Gasteiger partial charge in [0.15, 0.2) is 0 Å². The van der Waals surface area contributed by atoms with E-state index < -0.39 is 4.92 Å². The lowest BCUT2D eigenvalue weighted by Crippen LogP contribution is -2.12. The van der Waals surface area contributed by atoms with Gasteiger partial charge in [-0.2, -0.15) is 0 Å². The molecular formula is C19H18N4O3. The maximum Gasteiger partial charge on any atom is 0.275 e.